The molecule has 0 fully saturated rings. The maximum Gasteiger partial charge on any atom is 0.164 e. The van der Waals surface area contributed by atoms with Gasteiger partial charge in [-0.1, -0.05) is 115 Å². The molecule has 0 atom stereocenters. The van der Waals surface area contributed by atoms with Crippen LogP contribution in [0.15, 0.2) is 197 Å². The Morgan fingerprint density at radius 3 is 1.34 bits per heavy atom. The second kappa shape index (κ2) is 13.0. The Kier molecular flexibility index (Phi) is 7.17. The Balaban J connectivity index is 1.01. The zero-order valence-electron chi connectivity index (χ0n) is 32.5. The van der Waals surface area contributed by atoms with Crippen LogP contribution in [-0.4, -0.2) is 24.5 Å². The summed E-state index contributed by atoms with van der Waals surface area (Å²) in [6, 6.07) is 64.5. The highest BCUT2D eigenvalue weighted by Gasteiger charge is 2.21. The van der Waals surface area contributed by atoms with E-state index in [9.17, 15) is 0 Å². The van der Waals surface area contributed by atoms with Crippen LogP contribution in [0.2, 0.25) is 0 Å². The molecule has 0 aliphatic rings. The molecule has 13 rings (SSSR count). The molecule has 0 unspecified atom stereocenters. The third kappa shape index (κ3) is 5.24. The summed E-state index contributed by atoms with van der Waals surface area (Å²) in [7, 11) is 0. The van der Waals surface area contributed by atoms with Crippen molar-refractivity contribution in [2.45, 2.75) is 0 Å². The second-order valence-electron chi connectivity index (χ2n) is 15.4. The first kappa shape index (κ1) is 33.5. The highest BCUT2D eigenvalue weighted by atomic mass is 16.3. The fraction of sp³-hybridized carbons (Fsp3) is 0. The van der Waals surface area contributed by atoms with Crippen LogP contribution in [0, 0.1) is 0 Å². The summed E-state index contributed by atoms with van der Waals surface area (Å²) in [4.78, 5) is 20.9. The van der Waals surface area contributed by atoms with Crippen molar-refractivity contribution in [2.24, 2.45) is 0 Å². The molecule has 0 radical (unpaired) electrons. The predicted molar refractivity (Wildman–Crippen MR) is 246 cm³/mol. The van der Waals surface area contributed by atoms with Gasteiger partial charge in [0.05, 0.1) is 11.0 Å². The Morgan fingerprint density at radius 2 is 0.754 bits per heavy atom. The molecule has 13 aromatic rings. The lowest BCUT2D eigenvalue weighted by Gasteiger charge is -2.13. The number of hydrogen-bond acceptors (Lipinski definition) is 6. The molecule has 7 heteroatoms. The van der Waals surface area contributed by atoms with Gasteiger partial charge in [-0.3, -0.25) is 4.57 Å². The minimum absolute atomic E-state index is 0.566. The summed E-state index contributed by atoms with van der Waals surface area (Å²) >= 11 is 0. The van der Waals surface area contributed by atoms with Crippen LogP contribution < -0.4 is 0 Å². The van der Waals surface area contributed by atoms with Gasteiger partial charge in [0.15, 0.2) is 17.5 Å². The third-order valence-corrected chi connectivity index (χ3v) is 11.9. The molecule has 0 bridgehead atoms. The van der Waals surface area contributed by atoms with Gasteiger partial charge in [-0.2, -0.15) is 0 Å². The highest BCUT2D eigenvalue weighted by molar-refractivity contribution is 6.24. The topological polar surface area (TPSA) is 82.8 Å². The molecular formula is C54H31N5O2. The minimum Gasteiger partial charge on any atom is -0.456 e. The van der Waals surface area contributed by atoms with Gasteiger partial charge in [0.1, 0.15) is 28.2 Å². The maximum atomic E-state index is 6.18. The van der Waals surface area contributed by atoms with E-state index >= 15 is 0 Å². The summed E-state index contributed by atoms with van der Waals surface area (Å²) in [6.07, 6.45) is 0. The van der Waals surface area contributed by atoms with Crippen molar-refractivity contribution in [3.05, 3.63) is 188 Å². The summed E-state index contributed by atoms with van der Waals surface area (Å²) in [5, 5.41) is 8.75. The van der Waals surface area contributed by atoms with Crippen LogP contribution in [0.3, 0.4) is 0 Å². The molecule has 9 aromatic carbocycles. The van der Waals surface area contributed by atoms with Crippen molar-refractivity contribution in [3.8, 4) is 51.2 Å². The standard InChI is InChI=1S/C54H31N5O2/c1-2-12-33(13-3-1)54-55-49-41-18-6-4-14-37(41)38-15-5-7-19-42(38)50(49)59(54)36-26-22-32(23-27-36)51-56-52(34-24-28-47-43(30-34)39-16-8-10-20-45(39)60-47)58-53(57-51)35-25-29-48-44(31-35)40-17-9-11-21-46(40)61-48/h1-31H. The number of para-hydroxylation sites is 2. The molecule has 0 aliphatic carbocycles. The number of rotatable bonds is 5. The largest absolute Gasteiger partial charge is 0.456 e. The Morgan fingerprint density at radius 1 is 0.311 bits per heavy atom. The number of furan rings is 2. The minimum atomic E-state index is 0.566. The number of imidazole rings is 1. The van der Waals surface area contributed by atoms with Gasteiger partial charge in [0.25, 0.3) is 0 Å². The molecule has 0 aliphatic heterocycles. The van der Waals surface area contributed by atoms with Gasteiger partial charge < -0.3 is 8.83 Å². The zero-order valence-corrected chi connectivity index (χ0v) is 32.5. The average Bonchev–Trinajstić information content (AvgIpc) is 4.04. The van der Waals surface area contributed by atoms with E-state index < -0.39 is 0 Å². The number of benzene rings is 9. The Labute approximate surface area is 347 Å². The van der Waals surface area contributed by atoms with Gasteiger partial charge in [-0.05, 0) is 83.6 Å². The second-order valence-corrected chi connectivity index (χ2v) is 15.4. The van der Waals surface area contributed by atoms with Crippen molar-refractivity contribution in [1.82, 2.24) is 24.5 Å². The fourth-order valence-corrected chi connectivity index (χ4v) is 8.99. The van der Waals surface area contributed by atoms with E-state index in [4.69, 9.17) is 28.8 Å². The summed E-state index contributed by atoms with van der Waals surface area (Å²) < 4.78 is 14.7. The lowest BCUT2D eigenvalue weighted by atomic mass is 10.00. The van der Waals surface area contributed by atoms with Crippen LogP contribution in [0.5, 0.6) is 0 Å². The lowest BCUT2D eigenvalue weighted by Crippen LogP contribution is -2.01. The highest BCUT2D eigenvalue weighted by Crippen LogP contribution is 2.40. The van der Waals surface area contributed by atoms with Crippen molar-refractivity contribution < 1.29 is 8.83 Å². The van der Waals surface area contributed by atoms with Crippen molar-refractivity contribution in [1.29, 1.82) is 0 Å². The van der Waals surface area contributed by atoms with Gasteiger partial charge in [0.2, 0.25) is 0 Å². The molecule has 0 saturated heterocycles. The Bertz CT molecular complexity index is 3750. The molecule has 4 heterocycles. The molecule has 0 N–H and O–H groups in total. The Hall–Kier alpha value is -8.42. The first-order valence-corrected chi connectivity index (χ1v) is 20.3. The van der Waals surface area contributed by atoms with E-state index in [-0.39, 0.29) is 0 Å². The monoisotopic (exact) mass is 781 g/mol. The number of hydrogen-bond donors (Lipinski definition) is 0. The quantitative estimate of drug-likeness (QED) is 0.162. The first-order chi connectivity index (χ1) is 30.2. The van der Waals surface area contributed by atoms with E-state index in [0.29, 0.717) is 17.5 Å². The van der Waals surface area contributed by atoms with E-state index in [2.05, 4.69) is 126 Å². The van der Waals surface area contributed by atoms with Gasteiger partial charge in [0, 0.05) is 60.3 Å². The molecule has 0 saturated carbocycles. The molecule has 7 nitrogen and oxygen atoms in total. The smallest absolute Gasteiger partial charge is 0.164 e. The molecule has 0 spiro atoms. The van der Waals surface area contributed by atoms with Crippen LogP contribution in [0.1, 0.15) is 0 Å². The first-order valence-electron chi connectivity index (χ1n) is 20.3. The fourth-order valence-electron chi connectivity index (χ4n) is 8.99. The summed E-state index contributed by atoms with van der Waals surface area (Å²) in [5.74, 6) is 2.58. The number of fused-ring (bicyclic) bond motifs is 12. The van der Waals surface area contributed by atoms with E-state index in [1.165, 1.54) is 10.8 Å². The third-order valence-electron chi connectivity index (χ3n) is 11.9. The lowest BCUT2D eigenvalue weighted by molar-refractivity contribution is 0.668. The van der Waals surface area contributed by atoms with Crippen LogP contribution in [0.25, 0.3) is 128 Å². The molecule has 4 aromatic heterocycles. The van der Waals surface area contributed by atoms with Gasteiger partial charge in [-0.25, -0.2) is 19.9 Å². The van der Waals surface area contributed by atoms with Gasteiger partial charge in [-0.15, -0.1) is 0 Å². The molecule has 284 valence electrons. The van der Waals surface area contributed by atoms with Crippen molar-refractivity contribution in [3.63, 3.8) is 0 Å². The van der Waals surface area contributed by atoms with Crippen LogP contribution in [-0.2, 0) is 0 Å². The van der Waals surface area contributed by atoms with E-state index in [0.717, 1.165) is 99.4 Å². The van der Waals surface area contributed by atoms with E-state index in [1.807, 2.05) is 66.7 Å². The van der Waals surface area contributed by atoms with Crippen molar-refractivity contribution >= 4 is 76.5 Å². The SMILES string of the molecule is c1ccc(-c2nc3c4ccccc4c4ccccc4c3n2-c2ccc(-c3nc(-c4ccc5oc6ccccc6c5c4)nc(-c4ccc5oc6ccccc6c5c4)n3)cc2)cc1. The summed E-state index contributed by atoms with van der Waals surface area (Å²) in [6.45, 7) is 0. The number of nitrogens with zero attached hydrogens (tertiary/aromatic N) is 5. The normalized spacial score (nSPS) is 11.9. The zero-order chi connectivity index (χ0) is 40.0. The average molecular weight is 782 g/mol. The number of aromatic nitrogens is 5. The summed E-state index contributed by atoms with van der Waals surface area (Å²) in [5.41, 5.74) is 9.96. The van der Waals surface area contributed by atoms with Gasteiger partial charge >= 0.3 is 0 Å². The van der Waals surface area contributed by atoms with Crippen molar-refractivity contribution in [2.75, 3.05) is 0 Å². The van der Waals surface area contributed by atoms with Crippen LogP contribution >= 0.6 is 0 Å². The maximum absolute atomic E-state index is 6.18. The van der Waals surface area contributed by atoms with E-state index in [1.54, 1.807) is 0 Å². The predicted octanol–water partition coefficient (Wildman–Crippen LogP) is 14.0. The molecule has 61 heavy (non-hydrogen) atoms. The van der Waals surface area contributed by atoms with Crippen LogP contribution in [0.4, 0.5) is 0 Å². The molecule has 0 amide bonds. The molecular weight excluding hydrogens is 751 g/mol.